The first-order chi connectivity index (χ1) is 12.5. The fourth-order valence-electron chi connectivity index (χ4n) is 4.13. The average Bonchev–Trinajstić information content (AvgIpc) is 3.08. The summed E-state index contributed by atoms with van der Waals surface area (Å²) in [4.78, 5) is 27.7. The highest BCUT2D eigenvalue weighted by molar-refractivity contribution is 8.00. The Bertz CT molecular complexity index is 869. The molecule has 2 heterocycles. The largest absolute Gasteiger partial charge is 0.464 e. The quantitative estimate of drug-likeness (QED) is 0.775. The van der Waals surface area contributed by atoms with Crippen LogP contribution in [0.3, 0.4) is 0 Å². The highest BCUT2D eigenvalue weighted by atomic mass is 32.2. The average molecular weight is 367 g/mol. The van der Waals surface area contributed by atoms with Crippen LogP contribution in [-0.4, -0.2) is 34.7 Å². The summed E-state index contributed by atoms with van der Waals surface area (Å²) in [5.74, 6) is 0.121. The molecule has 0 aliphatic carbocycles. The molecule has 1 amide bonds. The van der Waals surface area contributed by atoms with Gasteiger partial charge in [-0.2, -0.15) is 0 Å². The third-order valence-corrected chi connectivity index (χ3v) is 6.89. The lowest BCUT2D eigenvalue weighted by Gasteiger charge is -2.39. The minimum Gasteiger partial charge on any atom is -0.464 e. The lowest BCUT2D eigenvalue weighted by molar-refractivity contribution is -0.155. The van der Waals surface area contributed by atoms with E-state index in [1.165, 1.54) is 0 Å². The Morgan fingerprint density at radius 2 is 1.85 bits per heavy atom. The van der Waals surface area contributed by atoms with Crippen LogP contribution in [0.15, 0.2) is 54.6 Å². The molecule has 2 aromatic carbocycles. The Hall–Kier alpha value is -2.27. The monoisotopic (exact) mass is 367 g/mol. The van der Waals surface area contributed by atoms with E-state index < -0.39 is 10.4 Å². The van der Waals surface area contributed by atoms with Gasteiger partial charge in [0.15, 0.2) is 5.54 Å². The number of ether oxygens (including phenoxy) is 1. The van der Waals surface area contributed by atoms with Crippen molar-refractivity contribution in [3.05, 3.63) is 71.3 Å². The zero-order valence-corrected chi connectivity index (χ0v) is 15.7. The Morgan fingerprint density at radius 1 is 1.15 bits per heavy atom. The van der Waals surface area contributed by atoms with Crippen LogP contribution in [0.1, 0.15) is 35.3 Å². The van der Waals surface area contributed by atoms with Crippen molar-refractivity contribution in [1.29, 1.82) is 0 Å². The molecule has 0 aromatic heterocycles. The Kier molecular flexibility index (Phi) is 4.07. The summed E-state index contributed by atoms with van der Waals surface area (Å²) in [5.41, 5.74) is 1.69. The zero-order valence-electron chi connectivity index (χ0n) is 14.9. The third kappa shape index (κ3) is 2.30. The first-order valence-corrected chi connectivity index (χ1v) is 9.81. The van der Waals surface area contributed by atoms with Gasteiger partial charge in [-0.25, -0.2) is 4.79 Å². The number of thioether (sulfide) groups is 1. The number of benzene rings is 2. The van der Waals surface area contributed by atoms with Gasteiger partial charge in [0.25, 0.3) is 5.91 Å². The maximum atomic E-state index is 13.3. The van der Waals surface area contributed by atoms with Crippen molar-refractivity contribution in [3.63, 3.8) is 0 Å². The highest BCUT2D eigenvalue weighted by Crippen LogP contribution is 2.57. The SMILES string of the molecule is CCOC(=O)[C@]1(Cc2ccccc2)CS[C@]2(C)c3ccccc3C(=O)N12. The minimum absolute atomic E-state index is 0.0860. The van der Waals surface area contributed by atoms with Crippen LogP contribution >= 0.6 is 11.8 Å². The number of carbonyl (C=O) groups excluding carboxylic acids is 2. The summed E-state index contributed by atoms with van der Waals surface area (Å²) in [6.07, 6.45) is 0.453. The fraction of sp³-hybridized carbons (Fsp3) is 0.333. The molecule has 0 spiro atoms. The number of hydrogen-bond donors (Lipinski definition) is 0. The van der Waals surface area contributed by atoms with Crippen LogP contribution in [-0.2, 0) is 20.8 Å². The third-order valence-electron chi connectivity index (χ3n) is 5.30. The van der Waals surface area contributed by atoms with Crippen molar-refractivity contribution in [2.75, 3.05) is 12.4 Å². The van der Waals surface area contributed by atoms with Crippen LogP contribution in [0.25, 0.3) is 0 Å². The molecule has 4 nitrogen and oxygen atoms in total. The summed E-state index contributed by atoms with van der Waals surface area (Å²) in [6.45, 7) is 4.13. The van der Waals surface area contributed by atoms with Crippen molar-refractivity contribution < 1.29 is 14.3 Å². The van der Waals surface area contributed by atoms with Crippen molar-refractivity contribution in [2.24, 2.45) is 0 Å². The predicted octanol–water partition coefficient (Wildman–Crippen LogP) is 3.61. The van der Waals surface area contributed by atoms with E-state index in [1.54, 1.807) is 23.6 Å². The Balaban J connectivity index is 1.84. The predicted molar refractivity (Wildman–Crippen MR) is 102 cm³/mol. The van der Waals surface area contributed by atoms with Gasteiger partial charge in [-0.1, -0.05) is 48.5 Å². The van der Waals surface area contributed by atoms with Gasteiger partial charge in [0.1, 0.15) is 4.87 Å². The van der Waals surface area contributed by atoms with Crippen molar-refractivity contribution in [3.8, 4) is 0 Å². The van der Waals surface area contributed by atoms with Gasteiger partial charge in [-0.05, 0) is 25.5 Å². The second-order valence-corrected chi connectivity index (χ2v) is 8.24. The lowest BCUT2D eigenvalue weighted by Crippen LogP contribution is -2.58. The van der Waals surface area contributed by atoms with Crippen LogP contribution in [0.5, 0.6) is 0 Å². The molecule has 26 heavy (non-hydrogen) atoms. The summed E-state index contributed by atoms with van der Waals surface area (Å²) in [5, 5.41) is 0. The number of amides is 1. The topological polar surface area (TPSA) is 46.6 Å². The lowest BCUT2D eigenvalue weighted by atomic mass is 9.89. The molecule has 1 saturated heterocycles. The maximum Gasteiger partial charge on any atom is 0.333 e. The van der Waals surface area contributed by atoms with E-state index in [2.05, 4.69) is 0 Å². The maximum absolute atomic E-state index is 13.3. The summed E-state index contributed by atoms with van der Waals surface area (Å²) >= 11 is 1.65. The van der Waals surface area contributed by atoms with E-state index in [4.69, 9.17) is 4.74 Å². The smallest absolute Gasteiger partial charge is 0.333 e. The molecule has 2 aromatic rings. The molecule has 5 heteroatoms. The first kappa shape index (κ1) is 17.2. The van der Waals surface area contributed by atoms with E-state index in [0.717, 1.165) is 11.1 Å². The molecule has 0 unspecified atom stereocenters. The number of esters is 1. The summed E-state index contributed by atoms with van der Waals surface area (Å²) in [7, 11) is 0. The van der Waals surface area contributed by atoms with Crippen molar-refractivity contribution >= 4 is 23.6 Å². The molecule has 0 saturated carbocycles. The fourth-order valence-corrected chi connectivity index (χ4v) is 5.72. The van der Waals surface area contributed by atoms with Crippen molar-refractivity contribution in [1.82, 2.24) is 4.90 Å². The van der Waals surface area contributed by atoms with Gasteiger partial charge in [-0.15, -0.1) is 11.8 Å². The summed E-state index contributed by atoms with van der Waals surface area (Å²) < 4.78 is 5.46. The molecule has 134 valence electrons. The second kappa shape index (κ2) is 6.16. The number of nitrogens with zero attached hydrogens (tertiary/aromatic N) is 1. The molecule has 0 bridgehead atoms. The molecule has 0 radical (unpaired) electrons. The molecule has 2 aliphatic rings. The number of carbonyl (C=O) groups is 2. The molecular weight excluding hydrogens is 346 g/mol. The number of hydrogen-bond acceptors (Lipinski definition) is 4. The molecule has 2 atom stereocenters. The normalized spacial score (nSPS) is 26.5. The molecule has 4 rings (SSSR count). The van der Waals surface area contributed by atoms with Gasteiger partial charge >= 0.3 is 5.97 Å². The van der Waals surface area contributed by atoms with Crippen molar-refractivity contribution in [2.45, 2.75) is 30.7 Å². The van der Waals surface area contributed by atoms with E-state index in [9.17, 15) is 9.59 Å². The molecule has 1 fully saturated rings. The van der Waals surface area contributed by atoms with Gasteiger partial charge < -0.3 is 9.64 Å². The van der Waals surface area contributed by atoms with Gasteiger partial charge in [-0.3, -0.25) is 4.79 Å². The molecule has 0 N–H and O–H groups in total. The van der Waals surface area contributed by atoms with Crippen LogP contribution in [0.4, 0.5) is 0 Å². The Labute approximate surface area is 157 Å². The Morgan fingerprint density at radius 3 is 2.58 bits per heavy atom. The first-order valence-electron chi connectivity index (χ1n) is 8.82. The van der Waals surface area contributed by atoms with Crippen LogP contribution in [0, 0.1) is 0 Å². The molecule has 2 aliphatic heterocycles. The van der Waals surface area contributed by atoms with E-state index in [-0.39, 0.29) is 11.9 Å². The van der Waals surface area contributed by atoms with Crippen LogP contribution < -0.4 is 0 Å². The summed E-state index contributed by atoms with van der Waals surface area (Å²) in [6, 6.07) is 17.5. The van der Waals surface area contributed by atoms with E-state index >= 15 is 0 Å². The number of fused-ring (bicyclic) bond motifs is 3. The number of rotatable bonds is 4. The standard InChI is InChI=1S/C21H21NO3S/c1-3-25-19(24)21(13-15-9-5-4-6-10-15)14-26-20(2)17-12-8-7-11-16(17)18(23)22(20)21/h4-12H,3,13-14H2,1-2H3/t20-,21+/m1/s1. The minimum atomic E-state index is -0.993. The van der Waals surface area contributed by atoms with Gasteiger partial charge in [0.2, 0.25) is 0 Å². The molecular formula is C21H21NO3S. The second-order valence-electron chi connectivity index (χ2n) is 6.87. The van der Waals surface area contributed by atoms with Crippen LogP contribution in [0.2, 0.25) is 0 Å². The van der Waals surface area contributed by atoms with Gasteiger partial charge in [0.05, 0.1) is 6.61 Å². The van der Waals surface area contributed by atoms with Gasteiger partial charge in [0, 0.05) is 23.3 Å². The highest BCUT2D eigenvalue weighted by Gasteiger charge is 2.64. The van der Waals surface area contributed by atoms with E-state index in [0.29, 0.717) is 24.3 Å². The van der Waals surface area contributed by atoms with E-state index in [1.807, 2.05) is 61.5 Å². The zero-order chi connectivity index (χ0) is 18.4.